The molecular formula is C12H21ClN2O3. The molecule has 1 aromatic heterocycles. The highest BCUT2D eigenvalue weighted by molar-refractivity contribution is 6.31. The first-order chi connectivity index (χ1) is 8.29. The molecule has 2 atom stereocenters. The minimum absolute atomic E-state index is 0.349. The molecule has 2 unspecified atom stereocenters. The first-order valence-electron chi connectivity index (χ1n) is 5.85. The van der Waals surface area contributed by atoms with Gasteiger partial charge in [-0.2, -0.15) is 5.10 Å². The number of ether oxygens (including phenoxy) is 1. The van der Waals surface area contributed by atoms with Crippen LogP contribution in [0.1, 0.15) is 32.6 Å². The van der Waals surface area contributed by atoms with E-state index in [1.54, 1.807) is 11.8 Å². The fourth-order valence-electron chi connectivity index (χ4n) is 1.65. The molecule has 0 radical (unpaired) electrons. The lowest BCUT2D eigenvalue weighted by Gasteiger charge is -2.30. The second-order valence-corrected chi connectivity index (χ2v) is 5.76. The Kier molecular flexibility index (Phi) is 5.16. The minimum atomic E-state index is -1.07. The number of halogens is 1. The van der Waals surface area contributed by atoms with Gasteiger partial charge >= 0.3 is 0 Å². The van der Waals surface area contributed by atoms with Gasteiger partial charge in [0.05, 0.1) is 36.2 Å². The third-order valence-electron chi connectivity index (χ3n) is 2.81. The molecular weight excluding hydrogens is 256 g/mol. The Bertz CT molecular complexity index is 387. The van der Waals surface area contributed by atoms with Crippen molar-refractivity contribution in [1.82, 2.24) is 9.78 Å². The first-order valence-corrected chi connectivity index (χ1v) is 6.23. The quantitative estimate of drug-likeness (QED) is 0.858. The molecule has 0 saturated heterocycles. The van der Waals surface area contributed by atoms with Crippen LogP contribution >= 0.6 is 11.6 Å². The lowest BCUT2D eigenvalue weighted by molar-refractivity contribution is -0.0498. The Hall–Kier alpha value is -0.620. The van der Waals surface area contributed by atoms with E-state index in [0.717, 1.165) is 0 Å². The number of aromatic nitrogens is 2. The third kappa shape index (κ3) is 3.45. The van der Waals surface area contributed by atoms with Crippen LogP contribution in [0.3, 0.4) is 0 Å². The monoisotopic (exact) mass is 276 g/mol. The standard InChI is InChI=1S/C12H21ClN2O3/c1-12(2,3)11(17)10(16)9-8(13)7-14-15(9)5-6-18-4/h7,10-11,16-17H,5-6H2,1-4H3. The molecule has 0 bridgehead atoms. The maximum Gasteiger partial charge on any atom is 0.123 e. The molecule has 5 nitrogen and oxygen atoms in total. The second-order valence-electron chi connectivity index (χ2n) is 5.35. The fraction of sp³-hybridized carbons (Fsp3) is 0.750. The lowest BCUT2D eigenvalue weighted by atomic mass is 9.85. The van der Waals surface area contributed by atoms with Crippen molar-refractivity contribution in [2.45, 2.75) is 39.5 Å². The van der Waals surface area contributed by atoms with Crippen LogP contribution in [0.25, 0.3) is 0 Å². The molecule has 18 heavy (non-hydrogen) atoms. The molecule has 2 N–H and O–H groups in total. The van der Waals surface area contributed by atoms with Crippen LogP contribution in [0.2, 0.25) is 5.02 Å². The zero-order valence-electron chi connectivity index (χ0n) is 11.2. The maximum absolute atomic E-state index is 10.2. The first kappa shape index (κ1) is 15.4. The van der Waals surface area contributed by atoms with E-state index in [9.17, 15) is 10.2 Å². The van der Waals surface area contributed by atoms with Gasteiger partial charge in [0.2, 0.25) is 0 Å². The summed E-state index contributed by atoms with van der Waals surface area (Å²) < 4.78 is 6.53. The molecule has 0 aromatic carbocycles. The minimum Gasteiger partial charge on any atom is -0.389 e. The number of hydrogen-bond donors (Lipinski definition) is 2. The van der Waals surface area contributed by atoms with E-state index in [-0.39, 0.29) is 0 Å². The van der Waals surface area contributed by atoms with Gasteiger partial charge in [-0.3, -0.25) is 4.68 Å². The van der Waals surface area contributed by atoms with Gasteiger partial charge in [0.25, 0.3) is 0 Å². The van der Waals surface area contributed by atoms with Crippen LogP contribution in [0.4, 0.5) is 0 Å². The van der Waals surface area contributed by atoms with Gasteiger partial charge in [0, 0.05) is 7.11 Å². The van der Waals surface area contributed by atoms with Crippen molar-refractivity contribution < 1.29 is 14.9 Å². The molecule has 1 aromatic rings. The molecule has 6 heteroatoms. The number of nitrogens with zero attached hydrogens (tertiary/aromatic N) is 2. The van der Waals surface area contributed by atoms with Crippen LogP contribution in [-0.2, 0) is 11.3 Å². The molecule has 0 aliphatic rings. The SMILES string of the molecule is COCCn1ncc(Cl)c1C(O)C(O)C(C)(C)C. The van der Waals surface area contributed by atoms with E-state index in [4.69, 9.17) is 16.3 Å². The van der Waals surface area contributed by atoms with Gasteiger partial charge in [0.15, 0.2) is 0 Å². The summed E-state index contributed by atoms with van der Waals surface area (Å²) in [6, 6.07) is 0. The summed E-state index contributed by atoms with van der Waals surface area (Å²) >= 11 is 6.02. The zero-order valence-corrected chi connectivity index (χ0v) is 12.0. The summed E-state index contributed by atoms with van der Waals surface area (Å²) in [4.78, 5) is 0. The highest BCUT2D eigenvalue weighted by Crippen LogP contribution is 2.33. The molecule has 0 saturated carbocycles. The van der Waals surface area contributed by atoms with Crippen LogP contribution < -0.4 is 0 Å². The van der Waals surface area contributed by atoms with Crippen LogP contribution in [0, 0.1) is 5.41 Å². The molecule has 0 aliphatic carbocycles. The second kappa shape index (κ2) is 6.02. The van der Waals surface area contributed by atoms with Crippen LogP contribution in [0.15, 0.2) is 6.20 Å². The number of aliphatic hydroxyl groups excluding tert-OH is 2. The summed E-state index contributed by atoms with van der Waals surface area (Å²) in [6.45, 7) is 6.50. The molecule has 1 rings (SSSR count). The number of rotatable bonds is 5. The van der Waals surface area contributed by atoms with E-state index >= 15 is 0 Å². The lowest BCUT2D eigenvalue weighted by Crippen LogP contribution is -2.33. The van der Waals surface area contributed by atoms with Gasteiger partial charge in [-0.05, 0) is 5.41 Å². The zero-order chi connectivity index (χ0) is 13.9. The van der Waals surface area contributed by atoms with Crippen molar-refractivity contribution in [3.63, 3.8) is 0 Å². The van der Waals surface area contributed by atoms with Crippen LogP contribution in [-0.4, -0.2) is 39.8 Å². The average Bonchev–Trinajstić information content (AvgIpc) is 2.64. The Morgan fingerprint density at radius 1 is 1.44 bits per heavy atom. The molecule has 1 heterocycles. The van der Waals surface area contributed by atoms with Gasteiger partial charge in [0.1, 0.15) is 6.10 Å². The maximum atomic E-state index is 10.2. The Labute approximate surface area is 112 Å². The summed E-state index contributed by atoms with van der Waals surface area (Å²) in [6.07, 6.45) is -0.532. The van der Waals surface area contributed by atoms with E-state index in [1.165, 1.54) is 6.20 Å². The molecule has 0 aliphatic heterocycles. The van der Waals surface area contributed by atoms with E-state index in [1.807, 2.05) is 20.8 Å². The molecule has 0 spiro atoms. The Morgan fingerprint density at radius 3 is 2.56 bits per heavy atom. The molecule has 0 fully saturated rings. The Balaban J connectivity index is 2.97. The van der Waals surface area contributed by atoms with Crippen molar-refractivity contribution in [2.24, 2.45) is 5.41 Å². The summed E-state index contributed by atoms with van der Waals surface area (Å²) in [7, 11) is 1.59. The molecule has 0 amide bonds. The highest BCUT2D eigenvalue weighted by atomic mass is 35.5. The number of aliphatic hydroxyl groups is 2. The number of hydrogen-bond acceptors (Lipinski definition) is 4. The summed E-state index contributed by atoms with van der Waals surface area (Å²) in [5, 5.41) is 24.8. The smallest absolute Gasteiger partial charge is 0.123 e. The normalized spacial score (nSPS) is 15.7. The van der Waals surface area contributed by atoms with Gasteiger partial charge in [-0.15, -0.1) is 0 Å². The number of methoxy groups -OCH3 is 1. The van der Waals surface area contributed by atoms with Gasteiger partial charge in [-0.1, -0.05) is 32.4 Å². The van der Waals surface area contributed by atoms with Crippen molar-refractivity contribution in [3.8, 4) is 0 Å². The summed E-state index contributed by atoms with van der Waals surface area (Å²) in [5.74, 6) is 0. The Morgan fingerprint density at radius 2 is 2.06 bits per heavy atom. The highest BCUT2D eigenvalue weighted by Gasteiger charge is 2.33. The van der Waals surface area contributed by atoms with Crippen molar-refractivity contribution in [3.05, 3.63) is 16.9 Å². The largest absolute Gasteiger partial charge is 0.389 e. The van der Waals surface area contributed by atoms with E-state index in [2.05, 4.69) is 5.10 Å². The predicted octanol–water partition coefficient (Wildman–Crippen LogP) is 1.62. The fourth-order valence-corrected chi connectivity index (χ4v) is 1.90. The van der Waals surface area contributed by atoms with Crippen molar-refractivity contribution in [1.29, 1.82) is 0 Å². The van der Waals surface area contributed by atoms with Crippen molar-refractivity contribution >= 4 is 11.6 Å². The van der Waals surface area contributed by atoms with Crippen molar-refractivity contribution in [2.75, 3.05) is 13.7 Å². The topological polar surface area (TPSA) is 67.5 Å². The summed E-state index contributed by atoms with van der Waals surface area (Å²) in [5.41, 5.74) is -0.0184. The van der Waals surface area contributed by atoms with Crippen LogP contribution in [0.5, 0.6) is 0 Å². The van der Waals surface area contributed by atoms with Gasteiger partial charge < -0.3 is 14.9 Å². The average molecular weight is 277 g/mol. The molecule has 104 valence electrons. The van der Waals surface area contributed by atoms with E-state index in [0.29, 0.717) is 23.9 Å². The van der Waals surface area contributed by atoms with Gasteiger partial charge in [-0.25, -0.2) is 0 Å². The predicted molar refractivity (Wildman–Crippen MR) is 69.5 cm³/mol. The van der Waals surface area contributed by atoms with E-state index < -0.39 is 17.6 Å². The third-order valence-corrected chi connectivity index (χ3v) is 3.10.